The molecule has 21 heavy (non-hydrogen) atoms. The number of hydrogen-bond donors (Lipinski definition) is 1. The molecule has 2 aromatic rings. The van der Waals surface area contributed by atoms with Crippen LogP contribution in [0.25, 0.3) is 0 Å². The van der Waals surface area contributed by atoms with E-state index in [1.54, 1.807) is 0 Å². The Morgan fingerprint density at radius 2 is 2.29 bits per heavy atom. The van der Waals surface area contributed by atoms with Gasteiger partial charge >= 0.3 is 0 Å². The zero-order chi connectivity index (χ0) is 14.7. The van der Waals surface area contributed by atoms with Crippen molar-refractivity contribution in [2.75, 3.05) is 13.1 Å². The lowest BCUT2D eigenvalue weighted by atomic mass is 9.94. The van der Waals surface area contributed by atoms with E-state index in [-0.39, 0.29) is 0 Å². The lowest BCUT2D eigenvalue weighted by molar-refractivity contribution is 0.198. The minimum absolute atomic E-state index is 0.498. The number of aromatic nitrogens is 2. The van der Waals surface area contributed by atoms with Gasteiger partial charge in [-0.2, -0.15) is 10.4 Å². The summed E-state index contributed by atoms with van der Waals surface area (Å²) in [5.74, 6) is 0.498. The van der Waals surface area contributed by atoms with E-state index in [0.717, 1.165) is 36.5 Å². The molecule has 1 unspecified atom stereocenters. The molecule has 0 radical (unpaired) electrons. The number of nitrogens with zero attached hydrogens (tertiary/aromatic N) is 3. The van der Waals surface area contributed by atoms with Gasteiger partial charge in [0.2, 0.25) is 0 Å². The monoisotopic (exact) mass is 280 g/mol. The first-order valence-corrected chi connectivity index (χ1v) is 7.48. The fourth-order valence-corrected chi connectivity index (χ4v) is 3.10. The van der Waals surface area contributed by atoms with Crippen LogP contribution in [0, 0.1) is 18.3 Å². The number of hydrogen-bond acceptors (Lipinski definition) is 3. The fourth-order valence-electron chi connectivity index (χ4n) is 3.10. The maximum absolute atomic E-state index is 9.20. The summed E-state index contributed by atoms with van der Waals surface area (Å²) in [5, 5.41) is 16.6. The Balaban J connectivity index is 1.70. The highest BCUT2D eigenvalue weighted by molar-refractivity contribution is 5.37. The Morgan fingerprint density at radius 1 is 1.43 bits per heavy atom. The Morgan fingerprint density at radius 3 is 3.05 bits per heavy atom. The molecule has 1 aliphatic heterocycles. The third-order valence-electron chi connectivity index (χ3n) is 4.18. The van der Waals surface area contributed by atoms with Crippen molar-refractivity contribution in [2.24, 2.45) is 0 Å². The summed E-state index contributed by atoms with van der Waals surface area (Å²) in [6.07, 6.45) is 2.38. The summed E-state index contributed by atoms with van der Waals surface area (Å²) in [7, 11) is 0. The number of rotatable bonds is 3. The Kier molecular flexibility index (Phi) is 4.03. The van der Waals surface area contributed by atoms with Crippen LogP contribution in [0.5, 0.6) is 0 Å². The number of aryl methyl sites for hydroxylation is 1. The van der Waals surface area contributed by atoms with Gasteiger partial charge in [-0.25, -0.2) is 0 Å². The number of nitriles is 1. The van der Waals surface area contributed by atoms with Crippen LogP contribution < -0.4 is 0 Å². The molecule has 0 bridgehead atoms. The minimum atomic E-state index is 0.498. The number of benzene rings is 1. The Hall–Kier alpha value is -2.12. The van der Waals surface area contributed by atoms with Crippen molar-refractivity contribution in [2.45, 2.75) is 32.2 Å². The maximum Gasteiger partial charge on any atom is 0.0995 e. The highest BCUT2D eigenvalue weighted by atomic mass is 15.2. The zero-order valence-electron chi connectivity index (χ0n) is 12.3. The molecule has 1 aromatic carbocycles. The van der Waals surface area contributed by atoms with Crippen molar-refractivity contribution in [3.63, 3.8) is 0 Å². The highest BCUT2D eigenvalue weighted by Crippen LogP contribution is 2.27. The van der Waals surface area contributed by atoms with Gasteiger partial charge in [0.05, 0.1) is 17.3 Å². The van der Waals surface area contributed by atoms with Crippen molar-refractivity contribution in [1.29, 1.82) is 5.26 Å². The number of likely N-dealkylation sites (tertiary alicyclic amines) is 1. The molecule has 1 fully saturated rings. The van der Waals surface area contributed by atoms with E-state index in [4.69, 9.17) is 0 Å². The molecule has 4 heteroatoms. The molecular formula is C17H20N4. The second kappa shape index (κ2) is 6.11. The average Bonchev–Trinajstić information content (AvgIpc) is 2.95. The van der Waals surface area contributed by atoms with Crippen LogP contribution in [0.15, 0.2) is 30.3 Å². The highest BCUT2D eigenvalue weighted by Gasteiger charge is 2.23. The van der Waals surface area contributed by atoms with Crippen LogP contribution in [0.4, 0.5) is 0 Å². The van der Waals surface area contributed by atoms with Gasteiger partial charge in [0.25, 0.3) is 0 Å². The zero-order valence-corrected chi connectivity index (χ0v) is 12.3. The van der Waals surface area contributed by atoms with Gasteiger partial charge in [0.15, 0.2) is 0 Å². The van der Waals surface area contributed by atoms with Gasteiger partial charge < -0.3 is 0 Å². The van der Waals surface area contributed by atoms with E-state index in [0.29, 0.717) is 5.92 Å². The predicted octanol–water partition coefficient (Wildman–Crippen LogP) is 2.97. The molecule has 0 amide bonds. The number of piperidine rings is 1. The van der Waals surface area contributed by atoms with Crippen LogP contribution >= 0.6 is 0 Å². The summed E-state index contributed by atoms with van der Waals surface area (Å²) in [6.45, 7) is 5.01. The van der Waals surface area contributed by atoms with Gasteiger partial charge in [0, 0.05) is 24.7 Å². The summed E-state index contributed by atoms with van der Waals surface area (Å²) in [6, 6.07) is 12.3. The quantitative estimate of drug-likeness (QED) is 0.940. The predicted molar refractivity (Wildman–Crippen MR) is 81.7 cm³/mol. The van der Waals surface area contributed by atoms with Gasteiger partial charge in [-0.05, 0) is 44.0 Å². The normalized spacial score (nSPS) is 19.3. The lowest BCUT2D eigenvalue weighted by Gasteiger charge is -2.32. The largest absolute Gasteiger partial charge is 0.298 e. The number of nitrogens with one attached hydrogen (secondary N) is 1. The molecule has 0 saturated carbocycles. The average molecular weight is 280 g/mol. The standard InChI is InChI=1S/C17H20N4/c1-13-9-17(20-19-13)16-7-4-8-21(12-16)11-15-6-3-2-5-14(15)10-18/h2-3,5-6,9,16H,4,7-8,11-12H2,1H3,(H,19,20). The van der Waals surface area contributed by atoms with Gasteiger partial charge in [-0.3, -0.25) is 10.00 Å². The van der Waals surface area contributed by atoms with Crippen LogP contribution in [-0.2, 0) is 6.54 Å². The molecule has 2 heterocycles. The third kappa shape index (κ3) is 3.14. The molecular weight excluding hydrogens is 260 g/mol. The second-order valence-electron chi connectivity index (χ2n) is 5.82. The van der Waals surface area contributed by atoms with Gasteiger partial charge in [0.1, 0.15) is 0 Å². The van der Waals surface area contributed by atoms with E-state index >= 15 is 0 Å². The first-order chi connectivity index (χ1) is 10.3. The van der Waals surface area contributed by atoms with E-state index in [2.05, 4.69) is 33.3 Å². The molecule has 0 spiro atoms. The molecule has 3 rings (SSSR count). The van der Waals surface area contributed by atoms with Crippen molar-refractivity contribution >= 4 is 0 Å². The van der Waals surface area contributed by atoms with Crippen molar-refractivity contribution in [3.05, 3.63) is 52.8 Å². The summed E-state index contributed by atoms with van der Waals surface area (Å²) < 4.78 is 0. The summed E-state index contributed by atoms with van der Waals surface area (Å²) in [4.78, 5) is 2.44. The van der Waals surface area contributed by atoms with E-state index in [1.165, 1.54) is 18.5 Å². The molecule has 1 atom stereocenters. The van der Waals surface area contributed by atoms with Crippen LogP contribution in [-0.4, -0.2) is 28.2 Å². The second-order valence-corrected chi connectivity index (χ2v) is 5.82. The summed E-state index contributed by atoms with van der Waals surface area (Å²) >= 11 is 0. The Bertz CT molecular complexity index is 653. The first-order valence-electron chi connectivity index (χ1n) is 7.48. The van der Waals surface area contributed by atoms with Crippen molar-refractivity contribution < 1.29 is 0 Å². The first kappa shape index (κ1) is 13.8. The molecule has 1 saturated heterocycles. The van der Waals surface area contributed by atoms with Gasteiger partial charge in [-0.15, -0.1) is 0 Å². The smallest absolute Gasteiger partial charge is 0.0995 e. The number of aromatic amines is 1. The topological polar surface area (TPSA) is 55.7 Å². The SMILES string of the molecule is Cc1cc(C2CCCN(Cc3ccccc3C#N)C2)n[nH]1. The van der Waals surface area contributed by atoms with Crippen molar-refractivity contribution in [1.82, 2.24) is 15.1 Å². The molecule has 1 aliphatic rings. The maximum atomic E-state index is 9.20. The van der Waals surface area contributed by atoms with E-state index < -0.39 is 0 Å². The van der Waals surface area contributed by atoms with Crippen LogP contribution in [0.3, 0.4) is 0 Å². The fraction of sp³-hybridized carbons (Fsp3) is 0.412. The van der Waals surface area contributed by atoms with E-state index in [1.807, 2.05) is 25.1 Å². The molecule has 1 N–H and O–H groups in total. The minimum Gasteiger partial charge on any atom is -0.298 e. The van der Waals surface area contributed by atoms with E-state index in [9.17, 15) is 5.26 Å². The van der Waals surface area contributed by atoms with Crippen LogP contribution in [0.2, 0.25) is 0 Å². The summed E-state index contributed by atoms with van der Waals surface area (Å²) in [5.41, 5.74) is 4.21. The molecule has 108 valence electrons. The molecule has 0 aliphatic carbocycles. The third-order valence-corrected chi connectivity index (χ3v) is 4.18. The number of H-pyrrole nitrogens is 1. The van der Waals surface area contributed by atoms with Crippen LogP contribution in [0.1, 0.15) is 41.3 Å². The van der Waals surface area contributed by atoms with Crippen molar-refractivity contribution in [3.8, 4) is 6.07 Å². The molecule has 4 nitrogen and oxygen atoms in total. The molecule has 1 aromatic heterocycles. The Labute approximate surface area is 125 Å². The lowest BCUT2D eigenvalue weighted by Crippen LogP contribution is -2.34. The van der Waals surface area contributed by atoms with Gasteiger partial charge in [-0.1, -0.05) is 18.2 Å².